The van der Waals surface area contributed by atoms with Crippen LogP contribution in [-0.4, -0.2) is 38.8 Å². The number of hydrogen-bond donors (Lipinski definition) is 1. The highest BCUT2D eigenvalue weighted by atomic mass is 16.5. The van der Waals surface area contributed by atoms with E-state index in [1.807, 2.05) is 39.8 Å². The van der Waals surface area contributed by atoms with Crippen LogP contribution >= 0.6 is 0 Å². The van der Waals surface area contributed by atoms with Crippen LogP contribution in [0.1, 0.15) is 108 Å². The SMILES string of the molecule is C=C.C=C(CCC)C(C#N)(C(C)C)C(CC)CC.C=C/C=C(N)\C=C/C.CC.CCCN(C)CC.CCOC. The Labute approximate surface area is 247 Å². The van der Waals surface area contributed by atoms with E-state index in [1.165, 1.54) is 19.5 Å². The molecule has 232 valence electrons. The maximum absolute atomic E-state index is 9.67. The van der Waals surface area contributed by atoms with Crippen molar-refractivity contribution < 1.29 is 4.74 Å². The van der Waals surface area contributed by atoms with Gasteiger partial charge in [0.1, 0.15) is 0 Å². The van der Waals surface area contributed by atoms with Crippen molar-refractivity contribution in [2.45, 2.75) is 108 Å². The van der Waals surface area contributed by atoms with Gasteiger partial charge in [-0.15, -0.1) is 13.2 Å². The van der Waals surface area contributed by atoms with Crippen molar-refractivity contribution in [2.24, 2.45) is 23.0 Å². The summed E-state index contributed by atoms with van der Waals surface area (Å²) in [6.45, 7) is 40.0. The second-order valence-electron chi connectivity index (χ2n) is 8.88. The minimum atomic E-state index is -0.320. The Bertz CT molecular complexity index is 596. The molecule has 4 nitrogen and oxygen atoms in total. The molecule has 0 rings (SSSR count). The lowest BCUT2D eigenvalue weighted by Gasteiger charge is -2.39. The standard InChI is InChI=1S/C15H27N.C7H11N.C6H15N.C3H8O.C2H6.C2H4/c1-7-10-13(6)15(11-16,12(4)5)14(8-2)9-3;1-3-5-7(8)6-4-2;1-4-6-7(3)5-2;1-3-4-2;2*1-2/h12,14H,6-10H2,1-5H3;3-6H,1,8H2,2H3;4-6H2,1-3H3;3H2,1-2H3;1-2H3;1-2H2/b;6-4-,7-5+;;;;. The summed E-state index contributed by atoms with van der Waals surface area (Å²) in [6, 6.07) is 2.60. The highest BCUT2D eigenvalue weighted by Crippen LogP contribution is 2.46. The van der Waals surface area contributed by atoms with Crippen molar-refractivity contribution in [1.29, 1.82) is 5.26 Å². The van der Waals surface area contributed by atoms with Gasteiger partial charge in [0.2, 0.25) is 0 Å². The predicted octanol–water partition coefficient (Wildman–Crippen LogP) is 10.4. The molecule has 1 unspecified atom stereocenters. The number of methoxy groups -OCH3 is 1. The lowest BCUT2D eigenvalue weighted by atomic mass is 9.62. The smallest absolute Gasteiger partial charge is 0.0830 e. The van der Waals surface area contributed by atoms with E-state index in [1.54, 1.807) is 19.3 Å². The Kier molecular flexibility index (Phi) is 51.6. The average Bonchev–Trinajstić information content (AvgIpc) is 2.95. The molecular formula is C35H71N3O. The Morgan fingerprint density at radius 3 is 1.72 bits per heavy atom. The Morgan fingerprint density at radius 1 is 1.05 bits per heavy atom. The lowest BCUT2D eigenvalue weighted by molar-refractivity contribution is 0.191. The Balaban J connectivity index is -0.0000000994. The first-order valence-electron chi connectivity index (χ1n) is 15.0. The van der Waals surface area contributed by atoms with E-state index in [0.29, 0.717) is 11.8 Å². The van der Waals surface area contributed by atoms with Crippen molar-refractivity contribution in [1.82, 2.24) is 4.90 Å². The quantitative estimate of drug-likeness (QED) is 0.183. The van der Waals surface area contributed by atoms with E-state index in [9.17, 15) is 5.26 Å². The summed E-state index contributed by atoms with van der Waals surface area (Å²) in [4.78, 5) is 2.31. The van der Waals surface area contributed by atoms with Gasteiger partial charge in [-0.3, -0.25) is 0 Å². The summed E-state index contributed by atoms with van der Waals surface area (Å²) in [5, 5.41) is 9.67. The van der Waals surface area contributed by atoms with Crippen LogP contribution in [0.2, 0.25) is 0 Å². The number of nitrogens with two attached hydrogens (primary N) is 1. The van der Waals surface area contributed by atoms with Crippen molar-refractivity contribution in [3.63, 3.8) is 0 Å². The van der Waals surface area contributed by atoms with Gasteiger partial charge in [-0.2, -0.15) is 5.26 Å². The van der Waals surface area contributed by atoms with Crippen molar-refractivity contribution in [3.8, 4) is 6.07 Å². The van der Waals surface area contributed by atoms with Crippen LogP contribution in [0.5, 0.6) is 0 Å². The maximum atomic E-state index is 9.67. The van der Waals surface area contributed by atoms with Gasteiger partial charge in [0.15, 0.2) is 0 Å². The molecule has 0 aliphatic heterocycles. The molecule has 0 aromatic carbocycles. The van der Waals surface area contributed by atoms with E-state index in [0.717, 1.165) is 43.6 Å². The van der Waals surface area contributed by atoms with Crippen LogP contribution in [0.3, 0.4) is 0 Å². The second-order valence-corrected chi connectivity index (χ2v) is 8.88. The first-order valence-corrected chi connectivity index (χ1v) is 15.0. The lowest BCUT2D eigenvalue weighted by Crippen LogP contribution is -2.35. The molecule has 0 amide bonds. The highest BCUT2D eigenvalue weighted by molar-refractivity contribution is 5.24. The molecule has 0 radical (unpaired) electrons. The summed E-state index contributed by atoms with van der Waals surface area (Å²) < 4.78 is 4.54. The van der Waals surface area contributed by atoms with Crippen molar-refractivity contribution in [3.05, 3.63) is 61.9 Å². The molecule has 0 aliphatic rings. The van der Waals surface area contributed by atoms with E-state index >= 15 is 0 Å². The van der Waals surface area contributed by atoms with Crippen LogP contribution in [0.25, 0.3) is 0 Å². The molecule has 0 spiro atoms. The van der Waals surface area contributed by atoms with Crippen molar-refractivity contribution >= 4 is 0 Å². The Morgan fingerprint density at radius 2 is 1.51 bits per heavy atom. The second kappa shape index (κ2) is 40.4. The third-order valence-corrected chi connectivity index (χ3v) is 5.97. The largest absolute Gasteiger partial charge is 0.399 e. The van der Waals surface area contributed by atoms with E-state index in [4.69, 9.17) is 5.73 Å². The molecule has 4 heteroatoms. The molecule has 0 heterocycles. The topological polar surface area (TPSA) is 62.3 Å². The van der Waals surface area contributed by atoms with Gasteiger partial charge in [-0.25, -0.2) is 0 Å². The summed E-state index contributed by atoms with van der Waals surface area (Å²) in [5.41, 5.74) is 6.96. The minimum absolute atomic E-state index is 0.320. The van der Waals surface area contributed by atoms with Gasteiger partial charge in [0.25, 0.3) is 0 Å². The van der Waals surface area contributed by atoms with Gasteiger partial charge >= 0.3 is 0 Å². The number of allylic oxidation sites excluding steroid dienone is 5. The molecule has 2 N–H and O–H groups in total. The molecule has 1 atom stereocenters. The third kappa shape index (κ3) is 28.7. The third-order valence-electron chi connectivity index (χ3n) is 5.97. The zero-order chi connectivity index (χ0) is 32.3. The normalized spacial score (nSPS) is 11.5. The monoisotopic (exact) mass is 550 g/mol. The summed E-state index contributed by atoms with van der Waals surface area (Å²) in [7, 11) is 3.82. The molecular weight excluding hydrogens is 478 g/mol. The van der Waals surface area contributed by atoms with Crippen LogP contribution in [0, 0.1) is 28.6 Å². The van der Waals surface area contributed by atoms with Crippen LogP contribution < -0.4 is 5.73 Å². The molecule has 0 saturated heterocycles. The number of ether oxygens (including phenoxy) is 1. The molecule has 0 aliphatic carbocycles. The Hall–Kier alpha value is -2.09. The molecule has 0 bridgehead atoms. The van der Waals surface area contributed by atoms with Gasteiger partial charge < -0.3 is 15.4 Å². The summed E-state index contributed by atoms with van der Waals surface area (Å²) >= 11 is 0. The number of hydrogen-bond acceptors (Lipinski definition) is 4. The highest BCUT2D eigenvalue weighted by Gasteiger charge is 2.42. The molecule has 0 fully saturated rings. The minimum Gasteiger partial charge on any atom is -0.399 e. The molecule has 39 heavy (non-hydrogen) atoms. The maximum Gasteiger partial charge on any atom is 0.0830 e. The summed E-state index contributed by atoms with van der Waals surface area (Å²) in [5.74, 6) is 0.790. The zero-order valence-corrected chi connectivity index (χ0v) is 28.8. The van der Waals surface area contributed by atoms with Gasteiger partial charge in [-0.1, -0.05) is 112 Å². The van der Waals surface area contributed by atoms with Gasteiger partial charge in [0, 0.05) is 19.4 Å². The fourth-order valence-electron chi connectivity index (χ4n) is 3.83. The summed E-state index contributed by atoms with van der Waals surface area (Å²) in [6.07, 6.45) is 12.6. The van der Waals surface area contributed by atoms with E-state index in [2.05, 4.69) is 97.5 Å². The fraction of sp³-hybridized carbons (Fsp3) is 0.686. The predicted molar refractivity (Wildman–Crippen MR) is 182 cm³/mol. The number of rotatable bonds is 13. The molecule has 0 aromatic heterocycles. The fourth-order valence-corrected chi connectivity index (χ4v) is 3.83. The first kappa shape index (κ1) is 49.8. The van der Waals surface area contributed by atoms with E-state index < -0.39 is 0 Å². The van der Waals surface area contributed by atoms with Crippen LogP contribution in [-0.2, 0) is 4.74 Å². The van der Waals surface area contributed by atoms with Crippen LogP contribution in [0.4, 0.5) is 0 Å². The first-order chi connectivity index (χ1) is 18.5. The molecule has 0 aromatic rings. The number of nitriles is 1. The van der Waals surface area contributed by atoms with Crippen LogP contribution in [0.15, 0.2) is 61.9 Å². The van der Waals surface area contributed by atoms with Gasteiger partial charge in [-0.05, 0) is 70.8 Å². The average molecular weight is 550 g/mol. The zero-order valence-electron chi connectivity index (χ0n) is 28.8. The van der Waals surface area contributed by atoms with Gasteiger partial charge in [0.05, 0.1) is 11.5 Å². The molecule has 0 saturated carbocycles. The van der Waals surface area contributed by atoms with Crippen molar-refractivity contribution in [2.75, 3.05) is 33.9 Å². The number of nitrogens with zero attached hydrogens (tertiary/aromatic N) is 2. The van der Waals surface area contributed by atoms with E-state index in [-0.39, 0.29) is 5.41 Å².